The number of nitrogens with zero attached hydrogens (tertiary/aromatic N) is 6. The molecule has 3 rings (SSSR count). The van der Waals surface area contributed by atoms with E-state index in [1.165, 1.54) is 0 Å². The summed E-state index contributed by atoms with van der Waals surface area (Å²) in [7, 11) is 0. The van der Waals surface area contributed by atoms with Crippen molar-refractivity contribution in [2.45, 2.75) is 19.8 Å². The van der Waals surface area contributed by atoms with Gasteiger partial charge in [0, 0.05) is 21.0 Å². The highest BCUT2D eigenvalue weighted by atomic mass is 16.1. The van der Waals surface area contributed by atoms with Crippen molar-refractivity contribution in [3.63, 3.8) is 0 Å². The zero-order valence-corrected chi connectivity index (χ0v) is 15.4. The molecule has 0 N–H and O–H groups in total. The third-order valence-corrected chi connectivity index (χ3v) is 4.61. The van der Waals surface area contributed by atoms with E-state index in [9.17, 15) is 4.79 Å². The first-order valence-corrected chi connectivity index (χ1v) is 8.87. The molecular formula is C21H18N6O. The summed E-state index contributed by atoms with van der Waals surface area (Å²) in [6, 6.07) is 18.2. The van der Waals surface area contributed by atoms with Crippen LogP contribution < -0.4 is 0 Å². The van der Waals surface area contributed by atoms with Gasteiger partial charge < -0.3 is 0 Å². The highest BCUT2D eigenvalue weighted by molar-refractivity contribution is 6.17. The molecule has 138 valence electrons. The Morgan fingerprint density at radius 2 is 1.21 bits per heavy atom. The van der Waals surface area contributed by atoms with Crippen molar-refractivity contribution in [3.8, 4) is 0 Å². The van der Waals surface area contributed by atoms with E-state index in [2.05, 4.69) is 20.1 Å². The van der Waals surface area contributed by atoms with E-state index in [0.717, 1.165) is 0 Å². The van der Waals surface area contributed by atoms with Gasteiger partial charge in [-0.25, -0.2) is 0 Å². The molecule has 1 saturated carbocycles. The Morgan fingerprint density at radius 1 is 0.821 bits per heavy atom. The second-order valence-electron chi connectivity index (χ2n) is 6.61. The summed E-state index contributed by atoms with van der Waals surface area (Å²) in [6.07, 6.45) is 0.980. The van der Waals surface area contributed by atoms with Crippen molar-refractivity contribution in [1.82, 2.24) is 0 Å². The molecule has 0 aliphatic heterocycles. The van der Waals surface area contributed by atoms with Crippen molar-refractivity contribution in [3.05, 3.63) is 104 Å². The van der Waals surface area contributed by atoms with E-state index in [1.54, 1.807) is 24.3 Å². The normalized spacial score (nSPS) is 19.9. The molecule has 28 heavy (non-hydrogen) atoms. The molecule has 0 bridgehead atoms. The van der Waals surface area contributed by atoms with Gasteiger partial charge in [0.15, 0.2) is 5.78 Å². The van der Waals surface area contributed by atoms with Crippen molar-refractivity contribution < 1.29 is 4.79 Å². The monoisotopic (exact) mass is 370 g/mol. The number of allylic oxidation sites excluding steroid dienone is 2. The Kier molecular flexibility index (Phi) is 5.92. The van der Waals surface area contributed by atoms with Crippen LogP contribution in [0.4, 0.5) is 0 Å². The summed E-state index contributed by atoms with van der Waals surface area (Å²) in [5.41, 5.74) is 21.0. The standard InChI is InChI=1S/C21H18N6O/c1-14-12-17(19(24-26-22)15-8-4-2-5-9-15)21(28)18(13-14)20(25-27-23)16-10-6-3-7-11-16/h2-11,14H,12-13H2,1H3. The van der Waals surface area contributed by atoms with Crippen LogP contribution in [-0.4, -0.2) is 5.78 Å². The summed E-state index contributed by atoms with van der Waals surface area (Å²) >= 11 is 0. The predicted octanol–water partition coefficient (Wildman–Crippen LogP) is 6.43. The summed E-state index contributed by atoms with van der Waals surface area (Å²) in [6.45, 7) is 2.02. The third-order valence-electron chi connectivity index (χ3n) is 4.61. The average molecular weight is 370 g/mol. The smallest absolute Gasteiger partial charge is 0.185 e. The molecule has 0 saturated heterocycles. The summed E-state index contributed by atoms with van der Waals surface area (Å²) < 4.78 is 0. The van der Waals surface area contributed by atoms with E-state index in [-0.39, 0.29) is 11.7 Å². The Bertz CT molecular complexity index is 959. The van der Waals surface area contributed by atoms with Crippen LogP contribution in [0.5, 0.6) is 0 Å². The Labute approximate surface area is 162 Å². The van der Waals surface area contributed by atoms with Crippen molar-refractivity contribution >= 4 is 17.2 Å². The molecule has 0 spiro atoms. The number of benzene rings is 2. The van der Waals surface area contributed by atoms with Crippen LogP contribution in [0.3, 0.4) is 0 Å². The summed E-state index contributed by atoms with van der Waals surface area (Å²) in [5, 5.41) is 7.66. The number of carbonyl (C=O) groups is 1. The number of carbonyl (C=O) groups excluding carboxylic acids is 1. The quantitative estimate of drug-likeness (QED) is 0.262. The van der Waals surface area contributed by atoms with E-state index >= 15 is 0 Å². The molecule has 0 heterocycles. The molecule has 0 radical (unpaired) electrons. The highest BCUT2D eigenvalue weighted by Gasteiger charge is 2.30. The maximum absolute atomic E-state index is 13.4. The molecule has 0 aromatic heterocycles. The minimum absolute atomic E-state index is 0.128. The molecule has 2 aromatic rings. The van der Waals surface area contributed by atoms with E-state index in [4.69, 9.17) is 11.1 Å². The van der Waals surface area contributed by atoms with E-state index in [1.807, 2.05) is 43.3 Å². The van der Waals surface area contributed by atoms with Crippen LogP contribution in [0.2, 0.25) is 0 Å². The van der Waals surface area contributed by atoms with Crippen LogP contribution in [0, 0.1) is 5.92 Å². The van der Waals surface area contributed by atoms with E-state index in [0.29, 0.717) is 46.5 Å². The fourth-order valence-electron chi connectivity index (χ4n) is 3.41. The van der Waals surface area contributed by atoms with Crippen LogP contribution in [0.15, 0.2) is 82.0 Å². The maximum atomic E-state index is 13.4. The third kappa shape index (κ3) is 3.96. The lowest BCUT2D eigenvalue weighted by Crippen LogP contribution is -2.20. The number of ketones is 1. The molecule has 0 unspecified atom stereocenters. The van der Waals surface area contributed by atoms with Gasteiger partial charge in [0.2, 0.25) is 0 Å². The topological polar surface area (TPSA) is 115 Å². The van der Waals surface area contributed by atoms with E-state index < -0.39 is 0 Å². The molecular weight excluding hydrogens is 352 g/mol. The number of rotatable bonds is 4. The Morgan fingerprint density at radius 3 is 1.57 bits per heavy atom. The average Bonchev–Trinajstić information content (AvgIpc) is 2.73. The number of Topliss-reactive ketones (excluding diaryl/α,β-unsaturated/α-hetero) is 1. The molecule has 1 aliphatic carbocycles. The van der Waals surface area contributed by atoms with Gasteiger partial charge in [0.1, 0.15) is 0 Å². The van der Waals surface area contributed by atoms with Crippen molar-refractivity contribution in [2.75, 3.05) is 0 Å². The number of hydrogen-bond acceptors (Lipinski definition) is 3. The Balaban J connectivity index is 2.24. The second-order valence-corrected chi connectivity index (χ2v) is 6.61. The first-order valence-electron chi connectivity index (χ1n) is 8.87. The molecule has 0 amide bonds. The predicted molar refractivity (Wildman–Crippen MR) is 108 cm³/mol. The molecule has 1 fully saturated rings. The molecule has 2 aromatic carbocycles. The minimum Gasteiger partial charge on any atom is -0.289 e. The van der Waals surface area contributed by atoms with Gasteiger partial charge in [-0.3, -0.25) is 4.79 Å². The first kappa shape index (κ1) is 19.0. The highest BCUT2D eigenvalue weighted by Crippen LogP contribution is 2.38. The van der Waals surface area contributed by atoms with Gasteiger partial charge in [-0.05, 0) is 40.9 Å². The van der Waals surface area contributed by atoms with Gasteiger partial charge in [-0.15, -0.1) is 0 Å². The fraction of sp³-hybridized carbons (Fsp3) is 0.190. The van der Waals surface area contributed by atoms with Crippen molar-refractivity contribution in [2.24, 2.45) is 16.1 Å². The minimum atomic E-state index is -0.240. The molecule has 7 heteroatoms. The van der Waals surface area contributed by atoms with Gasteiger partial charge >= 0.3 is 0 Å². The lowest BCUT2D eigenvalue weighted by molar-refractivity contribution is -0.113. The molecule has 1 aliphatic rings. The lowest BCUT2D eigenvalue weighted by atomic mass is 9.79. The first-order chi connectivity index (χ1) is 13.7. The van der Waals surface area contributed by atoms with Gasteiger partial charge in [0.05, 0.1) is 11.4 Å². The lowest BCUT2D eigenvalue weighted by Gasteiger charge is -2.25. The second kappa shape index (κ2) is 8.73. The van der Waals surface area contributed by atoms with Crippen LogP contribution in [0.1, 0.15) is 30.9 Å². The number of azide groups is 2. The Hall–Kier alpha value is -3.79. The maximum Gasteiger partial charge on any atom is 0.185 e. The SMILES string of the molecule is CC1CC(=C(N=[N+]=[N-])c2ccccc2)C(=O)C(=C(N=[N+]=[N-])c2ccccc2)C1. The summed E-state index contributed by atoms with van der Waals surface area (Å²) in [4.78, 5) is 19.2. The van der Waals surface area contributed by atoms with Gasteiger partial charge in [-0.1, -0.05) is 77.8 Å². The van der Waals surface area contributed by atoms with Gasteiger partial charge in [0.25, 0.3) is 0 Å². The van der Waals surface area contributed by atoms with Gasteiger partial charge in [-0.2, -0.15) is 0 Å². The summed E-state index contributed by atoms with van der Waals surface area (Å²) in [5.74, 6) is -0.112. The largest absolute Gasteiger partial charge is 0.289 e. The van der Waals surface area contributed by atoms with Crippen molar-refractivity contribution in [1.29, 1.82) is 0 Å². The molecule has 0 atom stereocenters. The zero-order chi connectivity index (χ0) is 19.9. The molecule has 7 nitrogen and oxygen atoms in total. The fourth-order valence-corrected chi connectivity index (χ4v) is 3.41. The van der Waals surface area contributed by atoms with Crippen LogP contribution in [-0.2, 0) is 4.79 Å². The van der Waals surface area contributed by atoms with Crippen LogP contribution >= 0.6 is 0 Å². The zero-order valence-electron chi connectivity index (χ0n) is 15.4. The number of hydrogen-bond donors (Lipinski definition) is 0. The van der Waals surface area contributed by atoms with Crippen LogP contribution in [0.25, 0.3) is 32.3 Å².